The van der Waals surface area contributed by atoms with Crippen LogP contribution in [0.25, 0.3) is 0 Å². The van der Waals surface area contributed by atoms with E-state index in [-0.39, 0.29) is 11.3 Å². The van der Waals surface area contributed by atoms with Crippen molar-refractivity contribution in [2.75, 3.05) is 32.1 Å². The molecule has 0 radical (unpaired) electrons. The molecule has 1 heterocycles. The van der Waals surface area contributed by atoms with E-state index in [9.17, 15) is 4.79 Å². The predicted molar refractivity (Wildman–Crippen MR) is 73.9 cm³/mol. The minimum atomic E-state index is -0.275. The van der Waals surface area contributed by atoms with Gasteiger partial charge in [0.2, 0.25) is 5.91 Å². The maximum absolute atomic E-state index is 12.1. The number of nitrogens with zero attached hydrogens (tertiary/aromatic N) is 1. The van der Waals surface area contributed by atoms with Crippen molar-refractivity contribution in [3.63, 3.8) is 0 Å². The molecule has 0 saturated heterocycles. The average Bonchev–Trinajstić information content (AvgIpc) is 2.40. The highest BCUT2D eigenvalue weighted by molar-refractivity contribution is 5.83. The van der Waals surface area contributed by atoms with E-state index in [1.54, 1.807) is 19.5 Å². The largest absolute Gasteiger partial charge is 0.384 e. The van der Waals surface area contributed by atoms with Crippen molar-refractivity contribution in [1.82, 2.24) is 10.3 Å². The fraction of sp³-hybridized carbons (Fsp3) is 0.571. The van der Waals surface area contributed by atoms with Crippen LogP contribution in [-0.2, 0) is 9.53 Å². The van der Waals surface area contributed by atoms with E-state index in [0.717, 1.165) is 24.9 Å². The van der Waals surface area contributed by atoms with Crippen LogP contribution in [0.4, 0.5) is 5.69 Å². The van der Waals surface area contributed by atoms with Gasteiger partial charge in [0, 0.05) is 32.6 Å². The Morgan fingerprint density at radius 3 is 2.89 bits per heavy atom. The summed E-state index contributed by atoms with van der Waals surface area (Å²) in [6.45, 7) is 1.83. The quantitative estimate of drug-likeness (QED) is 0.730. The van der Waals surface area contributed by atoms with Gasteiger partial charge in [-0.1, -0.05) is 6.42 Å². The average molecular weight is 263 g/mol. The number of nitrogens with one attached hydrogen (secondary N) is 2. The third kappa shape index (κ3) is 3.44. The molecule has 1 aliphatic carbocycles. The highest BCUT2D eigenvalue weighted by Crippen LogP contribution is 2.41. The Morgan fingerprint density at radius 2 is 2.32 bits per heavy atom. The predicted octanol–water partition coefficient (Wildman–Crippen LogP) is 1.43. The first-order valence-electron chi connectivity index (χ1n) is 6.68. The fourth-order valence-corrected chi connectivity index (χ4v) is 2.35. The van der Waals surface area contributed by atoms with Gasteiger partial charge in [-0.25, -0.2) is 0 Å². The number of carbonyl (C=O) groups is 1. The van der Waals surface area contributed by atoms with E-state index in [0.29, 0.717) is 19.7 Å². The smallest absolute Gasteiger partial charge is 0.228 e. The number of carbonyl (C=O) groups excluding carboxylic acids is 1. The van der Waals surface area contributed by atoms with Gasteiger partial charge in [-0.15, -0.1) is 0 Å². The van der Waals surface area contributed by atoms with Crippen LogP contribution in [0, 0.1) is 5.41 Å². The first-order valence-corrected chi connectivity index (χ1v) is 6.68. The third-order valence-corrected chi connectivity index (χ3v) is 3.61. The van der Waals surface area contributed by atoms with Gasteiger partial charge < -0.3 is 15.4 Å². The SMILES string of the molecule is COCC1(C(=O)NCCNc2cccnc2)CCC1. The van der Waals surface area contributed by atoms with Crippen molar-refractivity contribution in [3.8, 4) is 0 Å². The third-order valence-electron chi connectivity index (χ3n) is 3.61. The van der Waals surface area contributed by atoms with E-state index in [1.807, 2.05) is 12.1 Å². The molecule has 1 amide bonds. The van der Waals surface area contributed by atoms with Gasteiger partial charge in [0.1, 0.15) is 0 Å². The minimum absolute atomic E-state index is 0.119. The molecule has 19 heavy (non-hydrogen) atoms. The Kier molecular flexibility index (Phi) is 4.74. The van der Waals surface area contributed by atoms with Crippen molar-refractivity contribution < 1.29 is 9.53 Å². The summed E-state index contributed by atoms with van der Waals surface area (Å²) in [5, 5.41) is 6.19. The number of amides is 1. The van der Waals surface area contributed by atoms with Crippen molar-refractivity contribution in [2.24, 2.45) is 5.41 Å². The molecule has 0 bridgehead atoms. The van der Waals surface area contributed by atoms with Crippen LogP contribution in [0.15, 0.2) is 24.5 Å². The van der Waals surface area contributed by atoms with E-state index in [4.69, 9.17) is 4.74 Å². The molecule has 2 rings (SSSR count). The summed E-state index contributed by atoms with van der Waals surface area (Å²) < 4.78 is 5.16. The molecule has 104 valence electrons. The van der Waals surface area contributed by atoms with Crippen molar-refractivity contribution >= 4 is 11.6 Å². The van der Waals surface area contributed by atoms with Gasteiger partial charge in [0.15, 0.2) is 0 Å². The lowest BCUT2D eigenvalue weighted by Gasteiger charge is -2.39. The summed E-state index contributed by atoms with van der Waals surface area (Å²) in [5.74, 6) is 0.119. The first-order chi connectivity index (χ1) is 9.27. The van der Waals surface area contributed by atoms with E-state index in [1.165, 1.54) is 0 Å². The monoisotopic (exact) mass is 263 g/mol. The van der Waals surface area contributed by atoms with Crippen LogP contribution in [0.2, 0.25) is 0 Å². The zero-order valence-corrected chi connectivity index (χ0v) is 11.3. The molecule has 1 aromatic heterocycles. The molecular weight excluding hydrogens is 242 g/mol. The van der Waals surface area contributed by atoms with E-state index in [2.05, 4.69) is 15.6 Å². The molecule has 5 nitrogen and oxygen atoms in total. The number of ether oxygens (including phenoxy) is 1. The van der Waals surface area contributed by atoms with Crippen molar-refractivity contribution in [1.29, 1.82) is 0 Å². The lowest BCUT2D eigenvalue weighted by atomic mass is 9.68. The van der Waals surface area contributed by atoms with Crippen LogP contribution in [0.5, 0.6) is 0 Å². The second-order valence-electron chi connectivity index (χ2n) is 4.99. The number of aromatic nitrogens is 1. The topological polar surface area (TPSA) is 63.2 Å². The lowest BCUT2D eigenvalue weighted by Crippen LogP contribution is -2.49. The van der Waals surface area contributed by atoms with Gasteiger partial charge in [-0.2, -0.15) is 0 Å². The van der Waals surface area contributed by atoms with Gasteiger partial charge in [0.25, 0.3) is 0 Å². The molecule has 0 atom stereocenters. The zero-order valence-electron chi connectivity index (χ0n) is 11.3. The highest BCUT2D eigenvalue weighted by Gasteiger charge is 2.43. The molecular formula is C14H21N3O2. The number of pyridine rings is 1. The fourth-order valence-electron chi connectivity index (χ4n) is 2.35. The Hall–Kier alpha value is -1.62. The Bertz CT molecular complexity index is 404. The molecule has 2 N–H and O–H groups in total. The summed E-state index contributed by atoms with van der Waals surface area (Å²) >= 11 is 0. The first kappa shape index (κ1) is 13.8. The van der Waals surface area contributed by atoms with Crippen LogP contribution in [0.3, 0.4) is 0 Å². The van der Waals surface area contributed by atoms with Crippen LogP contribution in [0.1, 0.15) is 19.3 Å². The molecule has 0 spiro atoms. The normalized spacial score (nSPS) is 16.5. The highest BCUT2D eigenvalue weighted by atomic mass is 16.5. The van der Waals surface area contributed by atoms with Gasteiger partial charge in [-0.05, 0) is 25.0 Å². The van der Waals surface area contributed by atoms with Gasteiger partial charge in [-0.3, -0.25) is 9.78 Å². The molecule has 0 aromatic carbocycles. The number of hydrogen-bond donors (Lipinski definition) is 2. The van der Waals surface area contributed by atoms with E-state index >= 15 is 0 Å². The Labute approximate surface area is 113 Å². The van der Waals surface area contributed by atoms with Crippen LogP contribution < -0.4 is 10.6 Å². The maximum atomic E-state index is 12.1. The number of methoxy groups -OCH3 is 1. The second kappa shape index (κ2) is 6.52. The van der Waals surface area contributed by atoms with Crippen molar-refractivity contribution in [3.05, 3.63) is 24.5 Å². The molecule has 0 unspecified atom stereocenters. The Morgan fingerprint density at radius 1 is 1.47 bits per heavy atom. The second-order valence-corrected chi connectivity index (χ2v) is 4.99. The van der Waals surface area contributed by atoms with Crippen LogP contribution >= 0.6 is 0 Å². The maximum Gasteiger partial charge on any atom is 0.228 e. The molecule has 1 aromatic rings. The summed E-state index contributed by atoms with van der Waals surface area (Å²) in [6.07, 6.45) is 6.48. The molecule has 5 heteroatoms. The van der Waals surface area contributed by atoms with E-state index < -0.39 is 0 Å². The van der Waals surface area contributed by atoms with Crippen molar-refractivity contribution in [2.45, 2.75) is 19.3 Å². The zero-order chi connectivity index (χ0) is 13.6. The summed E-state index contributed by atoms with van der Waals surface area (Å²) in [6, 6.07) is 3.83. The van der Waals surface area contributed by atoms with Gasteiger partial charge in [0.05, 0.1) is 17.7 Å². The molecule has 0 aliphatic heterocycles. The number of hydrogen-bond acceptors (Lipinski definition) is 4. The standard InChI is InChI=1S/C14H21N3O2/c1-19-11-14(5-3-6-14)13(18)17-9-8-16-12-4-2-7-15-10-12/h2,4,7,10,16H,3,5-6,8-9,11H2,1H3,(H,17,18). The molecule has 1 fully saturated rings. The van der Waals surface area contributed by atoms with Gasteiger partial charge >= 0.3 is 0 Å². The molecule has 1 saturated carbocycles. The molecule has 1 aliphatic rings. The van der Waals surface area contributed by atoms with Crippen LogP contribution in [-0.4, -0.2) is 37.7 Å². The number of rotatable bonds is 7. The summed E-state index contributed by atoms with van der Waals surface area (Å²) in [5.41, 5.74) is 0.690. The summed E-state index contributed by atoms with van der Waals surface area (Å²) in [7, 11) is 1.65. The number of anilines is 1. The summed E-state index contributed by atoms with van der Waals surface area (Å²) in [4.78, 5) is 16.1. The lowest BCUT2D eigenvalue weighted by molar-refractivity contribution is -0.140. The minimum Gasteiger partial charge on any atom is -0.384 e. The Balaban J connectivity index is 1.69.